The molecule has 3 rings (SSSR count). The summed E-state index contributed by atoms with van der Waals surface area (Å²) in [4.78, 5) is 13.1. The smallest absolute Gasteiger partial charge is 0.248 e. The average Bonchev–Trinajstić information content (AvgIpc) is 3.04. The zero-order chi connectivity index (χ0) is 21.4. The first kappa shape index (κ1) is 21.0. The van der Waals surface area contributed by atoms with E-state index >= 15 is 0 Å². The molecule has 6 nitrogen and oxygen atoms in total. The number of nitrogens with zero attached hydrogens (tertiary/aromatic N) is 2. The summed E-state index contributed by atoms with van der Waals surface area (Å²) in [5.74, 6) is -0.0498. The third-order valence-corrected chi connectivity index (χ3v) is 5.41. The van der Waals surface area contributed by atoms with Gasteiger partial charge in [-0.3, -0.25) is 9.52 Å². The van der Waals surface area contributed by atoms with Crippen LogP contribution in [0.1, 0.15) is 49.9 Å². The number of aryl methyl sites for hydroxylation is 1. The maximum absolute atomic E-state index is 13.1. The van der Waals surface area contributed by atoms with Crippen LogP contribution in [0.4, 0.5) is 5.69 Å². The quantitative estimate of drug-likeness (QED) is 0.820. The summed E-state index contributed by atoms with van der Waals surface area (Å²) in [5.41, 5.74) is 3.62. The molecule has 1 atom stereocenters. The number of sulfonamides is 1. The van der Waals surface area contributed by atoms with Gasteiger partial charge >= 0.3 is 0 Å². The molecule has 0 aliphatic carbocycles. The molecule has 29 heavy (non-hydrogen) atoms. The van der Waals surface area contributed by atoms with Gasteiger partial charge in [0.1, 0.15) is 0 Å². The molecule has 2 aromatic rings. The van der Waals surface area contributed by atoms with Crippen molar-refractivity contribution in [3.05, 3.63) is 65.2 Å². The van der Waals surface area contributed by atoms with E-state index in [1.165, 1.54) is 0 Å². The van der Waals surface area contributed by atoms with Gasteiger partial charge in [0.15, 0.2) is 0 Å². The third kappa shape index (κ3) is 4.85. The van der Waals surface area contributed by atoms with Gasteiger partial charge < -0.3 is 0 Å². The van der Waals surface area contributed by atoms with Crippen molar-refractivity contribution in [3.63, 3.8) is 0 Å². The molecule has 0 radical (unpaired) electrons. The second-order valence-electron chi connectivity index (χ2n) is 8.48. The Balaban J connectivity index is 2.02. The van der Waals surface area contributed by atoms with Crippen LogP contribution in [0.15, 0.2) is 53.6 Å². The number of amides is 1. The van der Waals surface area contributed by atoms with E-state index in [4.69, 9.17) is 0 Å². The Morgan fingerprint density at radius 2 is 1.83 bits per heavy atom. The van der Waals surface area contributed by atoms with E-state index in [1.54, 1.807) is 23.2 Å². The highest BCUT2D eigenvalue weighted by Gasteiger charge is 2.38. The van der Waals surface area contributed by atoms with Crippen molar-refractivity contribution in [2.24, 2.45) is 10.5 Å². The SMILES string of the molecule is Cc1ccccc1[C@H]1CC(c2cccc(NS(C)(=O)=O)c2)=NN1C(=O)C(C)(C)C. The van der Waals surface area contributed by atoms with Crippen molar-refractivity contribution in [1.82, 2.24) is 5.01 Å². The topological polar surface area (TPSA) is 78.8 Å². The molecule has 0 fully saturated rings. The fourth-order valence-corrected chi connectivity index (χ4v) is 3.95. The second kappa shape index (κ2) is 7.63. The Morgan fingerprint density at radius 1 is 1.14 bits per heavy atom. The fourth-order valence-electron chi connectivity index (χ4n) is 3.39. The summed E-state index contributed by atoms with van der Waals surface area (Å²) in [7, 11) is -3.37. The molecule has 7 heteroatoms. The molecule has 1 aliphatic rings. The van der Waals surface area contributed by atoms with Crippen LogP contribution in [0.2, 0.25) is 0 Å². The zero-order valence-electron chi connectivity index (χ0n) is 17.4. The van der Waals surface area contributed by atoms with E-state index in [0.29, 0.717) is 12.1 Å². The third-order valence-electron chi connectivity index (χ3n) is 4.81. The molecule has 1 N–H and O–H groups in total. The summed E-state index contributed by atoms with van der Waals surface area (Å²) in [6.07, 6.45) is 1.68. The lowest BCUT2D eigenvalue weighted by Crippen LogP contribution is -2.36. The molecule has 154 valence electrons. The van der Waals surface area contributed by atoms with E-state index in [0.717, 1.165) is 28.7 Å². The number of carbonyl (C=O) groups excluding carboxylic acids is 1. The lowest BCUT2D eigenvalue weighted by atomic mass is 9.91. The molecule has 1 aliphatic heterocycles. The number of rotatable bonds is 4. The maximum Gasteiger partial charge on any atom is 0.248 e. The van der Waals surface area contributed by atoms with Gasteiger partial charge in [0.25, 0.3) is 0 Å². The van der Waals surface area contributed by atoms with Crippen molar-refractivity contribution in [3.8, 4) is 0 Å². The zero-order valence-corrected chi connectivity index (χ0v) is 18.2. The Hall–Kier alpha value is -2.67. The first-order chi connectivity index (χ1) is 13.5. The molecule has 0 aromatic heterocycles. The summed E-state index contributed by atoms with van der Waals surface area (Å²) in [6.45, 7) is 7.68. The van der Waals surface area contributed by atoms with E-state index in [2.05, 4.69) is 9.82 Å². The Labute approximate surface area is 172 Å². The van der Waals surface area contributed by atoms with Gasteiger partial charge in [-0.2, -0.15) is 5.10 Å². The van der Waals surface area contributed by atoms with Crippen LogP contribution < -0.4 is 4.72 Å². The van der Waals surface area contributed by atoms with Crippen LogP contribution >= 0.6 is 0 Å². The standard InChI is InChI=1S/C22H27N3O3S/c1-15-9-6-7-12-18(15)20-14-19(23-25(20)21(26)22(2,3)4)16-10-8-11-17(13-16)24-29(5,27)28/h6-13,20,24H,14H2,1-5H3/t20-/m1/s1. The normalized spacial score (nSPS) is 17.2. The summed E-state index contributed by atoms with van der Waals surface area (Å²) in [6, 6.07) is 14.9. The summed E-state index contributed by atoms with van der Waals surface area (Å²) in [5, 5.41) is 6.28. The minimum atomic E-state index is -3.37. The predicted molar refractivity (Wildman–Crippen MR) is 116 cm³/mol. The van der Waals surface area contributed by atoms with Crippen molar-refractivity contribution in [2.75, 3.05) is 11.0 Å². The highest BCUT2D eigenvalue weighted by Crippen LogP contribution is 2.37. The molecular formula is C22H27N3O3S. The lowest BCUT2D eigenvalue weighted by Gasteiger charge is -2.29. The predicted octanol–water partition coefficient (Wildman–Crippen LogP) is 4.09. The van der Waals surface area contributed by atoms with Gasteiger partial charge in [-0.15, -0.1) is 0 Å². The average molecular weight is 414 g/mol. The van der Waals surface area contributed by atoms with Gasteiger partial charge in [0.05, 0.1) is 18.0 Å². The van der Waals surface area contributed by atoms with Crippen LogP contribution in [0.25, 0.3) is 0 Å². The molecule has 0 saturated heterocycles. The number of hydrazone groups is 1. The Kier molecular flexibility index (Phi) is 5.54. The minimum absolute atomic E-state index is 0.0498. The number of benzene rings is 2. The second-order valence-corrected chi connectivity index (χ2v) is 10.2. The van der Waals surface area contributed by atoms with Crippen LogP contribution in [-0.4, -0.2) is 31.3 Å². The van der Waals surface area contributed by atoms with Crippen LogP contribution in [0.3, 0.4) is 0 Å². The van der Waals surface area contributed by atoms with Crippen LogP contribution in [0.5, 0.6) is 0 Å². The molecular weight excluding hydrogens is 386 g/mol. The fraction of sp³-hybridized carbons (Fsp3) is 0.364. The molecule has 0 unspecified atom stereocenters. The van der Waals surface area contributed by atoms with Gasteiger partial charge in [0, 0.05) is 17.5 Å². The Bertz CT molecular complexity index is 1070. The maximum atomic E-state index is 13.1. The highest BCUT2D eigenvalue weighted by atomic mass is 32.2. The number of anilines is 1. The monoisotopic (exact) mass is 413 g/mol. The van der Waals surface area contributed by atoms with Gasteiger partial charge in [0.2, 0.25) is 15.9 Å². The number of nitrogens with one attached hydrogen (secondary N) is 1. The molecule has 0 saturated carbocycles. The van der Waals surface area contributed by atoms with E-state index in [9.17, 15) is 13.2 Å². The molecule has 0 spiro atoms. The van der Waals surface area contributed by atoms with Crippen LogP contribution in [0, 0.1) is 12.3 Å². The van der Waals surface area contributed by atoms with Crippen molar-refractivity contribution in [2.45, 2.75) is 40.2 Å². The molecule has 2 aromatic carbocycles. The first-order valence-electron chi connectivity index (χ1n) is 9.50. The van der Waals surface area contributed by atoms with Crippen molar-refractivity contribution in [1.29, 1.82) is 0 Å². The number of carbonyl (C=O) groups is 1. The Morgan fingerprint density at radius 3 is 2.45 bits per heavy atom. The molecule has 1 amide bonds. The highest BCUT2D eigenvalue weighted by molar-refractivity contribution is 7.92. The van der Waals surface area contributed by atoms with Crippen molar-refractivity contribution >= 4 is 27.3 Å². The van der Waals surface area contributed by atoms with Gasteiger partial charge in [-0.1, -0.05) is 57.2 Å². The van der Waals surface area contributed by atoms with Gasteiger partial charge in [-0.05, 0) is 35.7 Å². The largest absolute Gasteiger partial charge is 0.284 e. The first-order valence-corrected chi connectivity index (χ1v) is 11.4. The van der Waals surface area contributed by atoms with E-state index < -0.39 is 15.4 Å². The minimum Gasteiger partial charge on any atom is -0.284 e. The summed E-state index contributed by atoms with van der Waals surface area (Å²) < 4.78 is 25.6. The van der Waals surface area contributed by atoms with Crippen molar-refractivity contribution < 1.29 is 13.2 Å². The lowest BCUT2D eigenvalue weighted by molar-refractivity contribution is -0.141. The molecule has 1 heterocycles. The number of hydrogen-bond acceptors (Lipinski definition) is 4. The number of hydrogen-bond donors (Lipinski definition) is 1. The van der Waals surface area contributed by atoms with Crippen LogP contribution in [-0.2, 0) is 14.8 Å². The molecule has 0 bridgehead atoms. The summed E-state index contributed by atoms with van der Waals surface area (Å²) >= 11 is 0. The van der Waals surface area contributed by atoms with E-state index in [-0.39, 0.29) is 11.9 Å². The van der Waals surface area contributed by atoms with Gasteiger partial charge in [-0.25, -0.2) is 13.4 Å². The van der Waals surface area contributed by atoms with E-state index in [1.807, 2.05) is 58.0 Å².